The van der Waals surface area contributed by atoms with Crippen LogP contribution in [0.3, 0.4) is 0 Å². The molecule has 0 saturated carbocycles. The lowest BCUT2D eigenvalue weighted by Gasteiger charge is -2.36. The minimum absolute atomic E-state index is 0. The summed E-state index contributed by atoms with van der Waals surface area (Å²) in [5.41, 5.74) is 1.73. The van der Waals surface area contributed by atoms with Crippen molar-refractivity contribution < 1.29 is 9.32 Å². The van der Waals surface area contributed by atoms with Crippen LogP contribution >= 0.6 is 12.4 Å². The summed E-state index contributed by atoms with van der Waals surface area (Å²) in [6.07, 6.45) is 3.83. The average Bonchev–Trinajstić information content (AvgIpc) is 2.93. The lowest BCUT2D eigenvalue weighted by atomic mass is 10.0. The number of hydrogen-bond acceptors (Lipinski definition) is 5. The molecule has 3 rings (SSSR count). The molecule has 0 spiro atoms. The first-order chi connectivity index (χ1) is 10.2. The smallest absolute Gasteiger partial charge is 0.229 e. The van der Waals surface area contributed by atoms with Crippen LogP contribution in [0.4, 0.5) is 0 Å². The second-order valence-corrected chi connectivity index (χ2v) is 5.20. The topological polar surface area (TPSA) is 71.3 Å². The fourth-order valence-electron chi connectivity index (χ4n) is 2.63. The van der Waals surface area contributed by atoms with Crippen LogP contribution < -0.4 is 5.32 Å². The molecule has 0 radical (unpaired) electrons. The highest BCUT2D eigenvalue weighted by Gasteiger charge is 2.28. The Morgan fingerprint density at radius 1 is 1.55 bits per heavy atom. The number of aryl methyl sites for hydroxylation is 1. The summed E-state index contributed by atoms with van der Waals surface area (Å²) in [4.78, 5) is 18.6. The molecule has 22 heavy (non-hydrogen) atoms. The molecule has 118 valence electrons. The number of rotatable bonds is 3. The van der Waals surface area contributed by atoms with Crippen LogP contribution in [0.2, 0.25) is 0 Å². The highest BCUT2D eigenvalue weighted by Crippen LogP contribution is 2.22. The average molecular weight is 323 g/mol. The second-order valence-electron chi connectivity index (χ2n) is 5.20. The van der Waals surface area contributed by atoms with Gasteiger partial charge < -0.3 is 14.7 Å². The molecule has 7 heteroatoms. The van der Waals surface area contributed by atoms with E-state index in [0.29, 0.717) is 12.2 Å². The predicted molar refractivity (Wildman–Crippen MR) is 83.8 cm³/mol. The molecule has 2 aromatic rings. The van der Waals surface area contributed by atoms with Gasteiger partial charge in [0.2, 0.25) is 5.91 Å². The largest absolute Gasteiger partial charge is 0.361 e. The number of nitrogens with zero attached hydrogens (tertiary/aromatic N) is 3. The van der Waals surface area contributed by atoms with Crippen LogP contribution in [0.25, 0.3) is 0 Å². The molecule has 1 aliphatic heterocycles. The summed E-state index contributed by atoms with van der Waals surface area (Å²) in [6, 6.07) is 5.73. The number of amides is 1. The Morgan fingerprint density at radius 3 is 3.09 bits per heavy atom. The highest BCUT2D eigenvalue weighted by molar-refractivity contribution is 5.85. The monoisotopic (exact) mass is 322 g/mol. The van der Waals surface area contributed by atoms with E-state index < -0.39 is 0 Å². The maximum absolute atomic E-state index is 12.6. The van der Waals surface area contributed by atoms with E-state index in [9.17, 15) is 4.79 Å². The third kappa shape index (κ3) is 3.64. The van der Waals surface area contributed by atoms with Gasteiger partial charge in [0.1, 0.15) is 5.76 Å². The lowest BCUT2D eigenvalue weighted by molar-refractivity contribution is -0.133. The molecule has 1 amide bonds. The van der Waals surface area contributed by atoms with E-state index >= 15 is 0 Å². The van der Waals surface area contributed by atoms with Crippen molar-refractivity contribution in [2.24, 2.45) is 0 Å². The molecule has 1 aliphatic rings. The number of piperazine rings is 1. The SMILES string of the molecule is Cc1cc(CC(=O)N2CCNCC2c2cccnc2)no1.Cl. The molecule has 1 saturated heterocycles. The Labute approximate surface area is 135 Å². The van der Waals surface area contributed by atoms with Crippen molar-refractivity contribution in [2.75, 3.05) is 19.6 Å². The minimum Gasteiger partial charge on any atom is -0.361 e. The van der Waals surface area contributed by atoms with Gasteiger partial charge in [-0.25, -0.2) is 0 Å². The molecule has 1 N–H and O–H groups in total. The molecule has 2 aromatic heterocycles. The van der Waals surface area contributed by atoms with E-state index in [2.05, 4.69) is 15.5 Å². The van der Waals surface area contributed by atoms with E-state index in [0.717, 1.165) is 24.4 Å². The Kier molecular flexibility index (Phi) is 5.51. The zero-order chi connectivity index (χ0) is 14.7. The van der Waals surface area contributed by atoms with Gasteiger partial charge in [-0.15, -0.1) is 12.4 Å². The normalized spacial score (nSPS) is 17.9. The van der Waals surface area contributed by atoms with Crippen molar-refractivity contribution >= 4 is 18.3 Å². The predicted octanol–water partition coefficient (Wildman–Crippen LogP) is 1.52. The van der Waals surface area contributed by atoms with Crippen LogP contribution in [0.1, 0.15) is 23.1 Å². The third-order valence-corrected chi connectivity index (χ3v) is 3.64. The first-order valence-electron chi connectivity index (χ1n) is 7.06. The molecule has 0 bridgehead atoms. The number of aromatic nitrogens is 2. The van der Waals surface area contributed by atoms with Gasteiger partial charge in [-0.1, -0.05) is 11.2 Å². The van der Waals surface area contributed by atoms with E-state index in [4.69, 9.17) is 4.52 Å². The summed E-state index contributed by atoms with van der Waals surface area (Å²) < 4.78 is 5.02. The summed E-state index contributed by atoms with van der Waals surface area (Å²) in [5.74, 6) is 0.792. The van der Waals surface area contributed by atoms with Crippen molar-refractivity contribution in [1.29, 1.82) is 0 Å². The van der Waals surface area contributed by atoms with Crippen molar-refractivity contribution in [2.45, 2.75) is 19.4 Å². The van der Waals surface area contributed by atoms with E-state index in [1.165, 1.54) is 0 Å². The number of nitrogens with one attached hydrogen (secondary N) is 1. The first kappa shape index (κ1) is 16.5. The maximum Gasteiger partial charge on any atom is 0.229 e. The fraction of sp³-hybridized carbons (Fsp3) is 0.400. The van der Waals surface area contributed by atoms with Crippen molar-refractivity contribution in [3.8, 4) is 0 Å². The molecular weight excluding hydrogens is 304 g/mol. The lowest BCUT2D eigenvalue weighted by Crippen LogP contribution is -2.49. The molecule has 3 heterocycles. The standard InChI is InChI=1S/C15H18N4O2.ClH/c1-11-7-13(18-21-11)8-15(20)19-6-5-17-10-14(19)12-3-2-4-16-9-12;/h2-4,7,9,14,17H,5-6,8,10H2,1H3;1H. The highest BCUT2D eigenvalue weighted by atomic mass is 35.5. The summed E-state index contributed by atoms with van der Waals surface area (Å²) in [6.45, 7) is 4.06. The summed E-state index contributed by atoms with van der Waals surface area (Å²) >= 11 is 0. The van der Waals surface area contributed by atoms with Gasteiger partial charge in [-0.2, -0.15) is 0 Å². The van der Waals surface area contributed by atoms with Crippen molar-refractivity contribution in [3.05, 3.63) is 47.6 Å². The number of carbonyl (C=O) groups excluding carboxylic acids is 1. The minimum atomic E-state index is 0. The van der Waals surface area contributed by atoms with Gasteiger partial charge in [-0.3, -0.25) is 9.78 Å². The van der Waals surface area contributed by atoms with E-state index in [1.807, 2.05) is 30.2 Å². The van der Waals surface area contributed by atoms with Gasteiger partial charge in [0, 0.05) is 38.1 Å². The number of pyridine rings is 1. The van der Waals surface area contributed by atoms with Crippen LogP contribution in [-0.4, -0.2) is 40.6 Å². The Bertz CT molecular complexity index is 617. The second kappa shape index (κ2) is 7.38. The van der Waals surface area contributed by atoms with Crippen LogP contribution in [-0.2, 0) is 11.2 Å². The molecule has 1 fully saturated rings. The number of carbonyl (C=O) groups is 1. The summed E-state index contributed by atoms with van der Waals surface area (Å²) in [7, 11) is 0. The molecular formula is C15H19ClN4O2. The zero-order valence-electron chi connectivity index (χ0n) is 12.4. The van der Waals surface area contributed by atoms with Gasteiger partial charge in [-0.05, 0) is 18.6 Å². The first-order valence-corrected chi connectivity index (χ1v) is 7.06. The van der Waals surface area contributed by atoms with Gasteiger partial charge in [0.05, 0.1) is 18.2 Å². The van der Waals surface area contributed by atoms with Crippen LogP contribution in [0.15, 0.2) is 35.1 Å². The van der Waals surface area contributed by atoms with Crippen molar-refractivity contribution in [3.63, 3.8) is 0 Å². The van der Waals surface area contributed by atoms with Gasteiger partial charge >= 0.3 is 0 Å². The Balaban J connectivity index is 0.00000176. The molecule has 0 aliphatic carbocycles. The quantitative estimate of drug-likeness (QED) is 0.927. The van der Waals surface area contributed by atoms with Gasteiger partial charge in [0.15, 0.2) is 0 Å². The number of hydrogen-bond donors (Lipinski definition) is 1. The fourth-order valence-corrected chi connectivity index (χ4v) is 2.63. The molecule has 6 nitrogen and oxygen atoms in total. The van der Waals surface area contributed by atoms with E-state index in [-0.39, 0.29) is 30.8 Å². The Hall–Kier alpha value is -1.92. The van der Waals surface area contributed by atoms with Crippen LogP contribution in [0.5, 0.6) is 0 Å². The Morgan fingerprint density at radius 2 is 2.41 bits per heavy atom. The van der Waals surface area contributed by atoms with Crippen LogP contribution in [0, 0.1) is 6.92 Å². The molecule has 1 atom stereocenters. The third-order valence-electron chi connectivity index (χ3n) is 3.64. The van der Waals surface area contributed by atoms with E-state index in [1.54, 1.807) is 12.3 Å². The maximum atomic E-state index is 12.6. The zero-order valence-corrected chi connectivity index (χ0v) is 13.2. The van der Waals surface area contributed by atoms with Crippen molar-refractivity contribution in [1.82, 2.24) is 20.4 Å². The summed E-state index contributed by atoms with van der Waals surface area (Å²) in [5, 5.41) is 7.23. The molecule has 1 unspecified atom stereocenters. The van der Waals surface area contributed by atoms with Gasteiger partial charge in [0.25, 0.3) is 0 Å². The number of halogens is 1. The molecule has 0 aromatic carbocycles.